The summed E-state index contributed by atoms with van der Waals surface area (Å²) in [4.78, 5) is 34.8. The van der Waals surface area contributed by atoms with Crippen LogP contribution in [0.3, 0.4) is 0 Å². The molecule has 216 valence electrons. The van der Waals surface area contributed by atoms with Gasteiger partial charge in [0.25, 0.3) is 5.91 Å². The number of esters is 1. The van der Waals surface area contributed by atoms with E-state index in [2.05, 4.69) is 26.7 Å². The minimum absolute atomic E-state index is 0.00119. The highest BCUT2D eigenvalue weighted by Crippen LogP contribution is 2.30. The van der Waals surface area contributed by atoms with Gasteiger partial charge < -0.3 is 19.1 Å². The number of aromatic nitrogens is 2. The second kappa shape index (κ2) is 13.4. The highest BCUT2D eigenvalue weighted by atomic mass is 32.1. The number of piperidine rings is 1. The number of carbonyl (C=O) groups is 2. The largest absolute Gasteiger partial charge is 0.468 e. The van der Waals surface area contributed by atoms with Gasteiger partial charge in [0.05, 0.1) is 30.0 Å². The normalized spacial score (nSPS) is 15.2. The van der Waals surface area contributed by atoms with Gasteiger partial charge >= 0.3 is 5.97 Å². The Labute approximate surface area is 244 Å². The summed E-state index contributed by atoms with van der Waals surface area (Å²) in [5.74, 6) is 0.0409. The first-order valence-corrected chi connectivity index (χ1v) is 15.2. The number of likely N-dealkylation sites (N-methyl/N-ethyl adjacent to an activating group) is 1. The number of para-hydroxylation sites is 1. The van der Waals surface area contributed by atoms with Gasteiger partial charge in [-0.3, -0.25) is 9.59 Å². The SMILES string of the molecule is CCN(CC(CCN1CCC(c2ccc(F)cc2)CC1)c1ccsc1)C(=O)c1cccc2ncn(CC(=O)OC)c12. The lowest BCUT2D eigenvalue weighted by molar-refractivity contribution is -0.141. The molecule has 7 nitrogen and oxygen atoms in total. The molecule has 0 saturated carbocycles. The molecule has 1 fully saturated rings. The molecular formula is C32H37FN4O3S. The maximum atomic E-state index is 13.9. The highest BCUT2D eigenvalue weighted by molar-refractivity contribution is 7.08. The Balaban J connectivity index is 1.27. The fourth-order valence-corrected chi connectivity index (χ4v) is 6.59. The van der Waals surface area contributed by atoms with Crippen LogP contribution in [0.15, 0.2) is 65.6 Å². The van der Waals surface area contributed by atoms with Gasteiger partial charge in [-0.15, -0.1) is 0 Å². The Morgan fingerprint density at radius 1 is 1.15 bits per heavy atom. The lowest BCUT2D eigenvalue weighted by Gasteiger charge is -2.34. The van der Waals surface area contributed by atoms with Gasteiger partial charge in [0.15, 0.2) is 0 Å². The van der Waals surface area contributed by atoms with Crippen LogP contribution in [0.5, 0.6) is 0 Å². The van der Waals surface area contributed by atoms with Gasteiger partial charge in [-0.1, -0.05) is 18.2 Å². The maximum Gasteiger partial charge on any atom is 0.325 e. The molecule has 0 aliphatic carbocycles. The first-order chi connectivity index (χ1) is 20.0. The molecule has 0 radical (unpaired) electrons. The van der Waals surface area contributed by atoms with Crippen molar-refractivity contribution < 1.29 is 18.7 Å². The Bertz CT molecular complexity index is 1450. The zero-order valence-electron chi connectivity index (χ0n) is 23.7. The summed E-state index contributed by atoms with van der Waals surface area (Å²) in [5, 5.41) is 4.29. The molecule has 4 aromatic rings. The van der Waals surface area contributed by atoms with Crippen molar-refractivity contribution in [2.24, 2.45) is 0 Å². The van der Waals surface area contributed by atoms with Gasteiger partial charge in [0.1, 0.15) is 12.4 Å². The minimum atomic E-state index is -0.391. The first kappa shape index (κ1) is 29.0. The number of halogens is 1. The number of likely N-dealkylation sites (tertiary alicyclic amines) is 1. The zero-order valence-corrected chi connectivity index (χ0v) is 24.5. The molecule has 1 amide bonds. The van der Waals surface area contributed by atoms with Gasteiger partial charge in [-0.25, -0.2) is 9.37 Å². The molecule has 2 aromatic carbocycles. The number of benzene rings is 2. The quantitative estimate of drug-likeness (QED) is 0.207. The molecule has 1 saturated heterocycles. The van der Waals surface area contributed by atoms with E-state index < -0.39 is 5.97 Å². The third-order valence-corrected chi connectivity index (χ3v) is 8.94. The molecule has 5 rings (SSSR count). The van der Waals surface area contributed by atoms with Crippen LogP contribution < -0.4 is 0 Å². The number of thiophene rings is 1. The van der Waals surface area contributed by atoms with Crippen molar-refractivity contribution in [3.05, 3.63) is 88.1 Å². The lowest BCUT2D eigenvalue weighted by Crippen LogP contribution is -2.37. The summed E-state index contributed by atoms with van der Waals surface area (Å²) in [6.07, 6.45) is 4.67. The van der Waals surface area contributed by atoms with Crippen LogP contribution in [-0.2, 0) is 16.1 Å². The molecule has 3 heterocycles. The molecule has 1 atom stereocenters. The van der Waals surface area contributed by atoms with Gasteiger partial charge in [0.2, 0.25) is 0 Å². The molecule has 9 heteroatoms. The second-order valence-corrected chi connectivity index (χ2v) is 11.5. The van der Waals surface area contributed by atoms with Gasteiger partial charge in [-0.2, -0.15) is 11.3 Å². The standard InChI is InChI=1S/C32H37FN4O3S/c1-3-36(32(39)28-5-4-6-29-31(28)37(22-34-29)20-30(38)40-2)19-25(26-14-18-41-21-26)13-17-35-15-11-24(12-16-35)23-7-9-27(33)10-8-23/h4-10,14,18,21-22,24-25H,3,11-13,15-17,19-20H2,1-2H3. The second-order valence-electron chi connectivity index (χ2n) is 10.7. The Morgan fingerprint density at radius 3 is 2.61 bits per heavy atom. The molecule has 0 bridgehead atoms. The van der Waals surface area contributed by atoms with E-state index in [1.165, 1.54) is 18.2 Å². The minimum Gasteiger partial charge on any atom is -0.468 e. The summed E-state index contributed by atoms with van der Waals surface area (Å²) in [5.41, 5.74) is 4.35. The first-order valence-electron chi connectivity index (χ1n) is 14.3. The van der Waals surface area contributed by atoms with E-state index >= 15 is 0 Å². The summed E-state index contributed by atoms with van der Waals surface area (Å²) in [6.45, 7) is 6.18. The topological polar surface area (TPSA) is 67.7 Å². The van der Waals surface area contributed by atoms with Crippen LogP contribution in [0.4, 0.5) is 4.39 Å². The van der Waals surface area contributed by atoms with E-state index in [9.17, 15) is 14.0 Å². The molecule has 1 aliphatic rings. The third kappa shape index (κ3) is 6.85. The van der Waals surface area contributed by atoms with Gasteiger partial charge in [0, 0.05) is 19.0 Å². The van der Waals surface area contributed by atoms with Crippen molar-refractivity contribution in [2.75, 3.05) is 39.8 Å². The van der Waals surface area contributed by atoms with Crippen molar-refractivity contribution in [2.45, 2.75) is 44.6 Å². The average molecular weight is 577 g/mol. The summed E-state index contributed by atoms with van der Waals surface area (Å²) in [6, 6.07) is 14.6. The van der Waals surface area contributed by atoms with Crippen molar-refractivity contribution in [3.8, 4) is 0 Å². The summed E-state index contributed by atoms with van der Waals surface area (Å²) in [7, 11) is 1.35. The number of fused-ring (bicyclic) bond motifs is 1. The third-order valence-electron chi connectivity index (χ3n) is 8.24. The number of methoxy groups -OCH3 is 1. The Kier molecular flexibility index (Phi) is 9.46. The highest BCUT2D eigenvalue weighted by Gasteiger charge is 2.26. The number of hydrogen-bond donors (Lipinski definition) is 0. The number of amides is 1. The molecule has 1 unspecified atom stereocenters. The molecule has 0 spiro atoms. The predicted molar refractivity (Wildman–Crippen MR) is 160 cm³/mol. The van der Waals surface area contributed by atoms with Crippen LogP contribution >= 0.6 is 11.3 Å². The van der Waals surface area contributed by atoms with Crippen molar-refractivity contribution in [1.29, 1.82) is 0 Å². The maximum absolute atomic E-state index is 13.9. The van der Waals surface area contributed by atoms with Gasteiger partial charge in [-0.05, 0) is 104 Å². The molecule has 0 N–H and O–H groups in total. The van der Waals surface area contributed by atoms with Crippen LogP contribution in [0.25, 0.3) is 11.0 Å². The number of ether oxygens (including phenoxy) is 1. The number of nitrogens with zero attached hydrogens (tertiary/aromatic N) is 4. The van der Waals surface area contributed by atoms with E-state index in [1.54, 1.807) is 34.4 Å². The fourth-order valence-electron chi connectivity index (χ4n) is 5.85. The van der Waals surface area contributed by atoms with E-state index in [1.807, 2.05) is 42.2 Å². The van der Waals surface area contributed by atoms with Crippen LogP contribution in [0.1, 0.15) is 59.5 Å². The summed E-state index contributed by atoms with van der Waals surface area (Å²) < 4.78 is 19.9. The van der Waals surface area contributed by atoms with Crippen LogP contribution in [0, 0.1) is 5.82 Å². The number of imidazole rings is 1. The van der Waals surface area contributed by atoms with E-state index in [0.717, 1.165) is 38.9 Å². The van der Waals surface area contributed by atoms with Crippen LogP contribution in [0.2, 0.25) is 0 Å². The predicted octanol–water partition coefficient (Wildman–Crippen LogP) is 5.93. The molecule has 1 aliphatic heterocycles. The molecule has 2 aromatic heterocycles. The molecular weight excluding hydrogens is 539 g/mol. The van der Waals surface area contributed by atoms with E-state index in [-0.39, 0.29) is 24.2 Å². The van der Waals surface area contributed by atoms with Crippen molar-refractivity contribution in [1.82, 2.24) is 19.4 Å². The fraction of sp³-hybridized carbons (Fsp3) is 0.406. The lowest BCUT2D eigenvalue weighted by atomic mass is 9.89. The zero-order chi connectivity index (χ0) is 28.8. The smallest absolute Gasteiger partial charge is 0.325 e. The average Bonchev–Trinajstić information content (AvgIpc) is 3.68. The van der Waals surface area contributed by atoms with E-state index in [0.29, 0.717) is 35.6 Å². The number of carbonyl (C=O) groups excluding carboxylic acids is 2. The van der Waals surface area contributed by atoms with Crippen molar-refractivity contribution in [3.63, 3.8) is 0 Å². The van der Waals surface area contributed by atoms with E-state index in [4.69, 9.17) is 4.74 Å². The monoisotopic (exact) mass is 576 g/mol. The number of hydrogen-bond acceptors (Lipinski definition) is 6. The summed E-state index contributed by atoms with van der Waals surface area (Å²) >= 11 is 1.68. The Hall–Kier alpha value is -3.56. The molecule has 41 heavy (non-hydrogen) atoms. The van der Waals surface area contributed by atoms with Crippen LogP contribution in [-0.4, -0.2) is 71.1 Å². The number of rotatable bonds is 11. The van der Waals surface area contributed by atoms with Crippen molar-refractivity contribution >= 4 is 34.2 Å². The Morgan fingerprint density at radius 2 is 1.93 bits per heavy atom.